The van der Waals surface area contributed by atoms with Gasteiger partial charge in [-0.2, -0.15) is 0 Å². The zero-order valence-electron chi connectivity index (χ0n) is 9.15. The van der Waals surface area contributed by atoms with Crippen LogP contribution in [-0.2, 0) is 0 Å². The number of halogens is 1. The summed E-state index contributed by atoms with van der Waals surface area (Å²) in [6.45, 7) is 2.29. The van der Waals surface area contributed by atoms with Crippen molar-refractivity contribution in [2.24, 2.45) is 0 Å². The van der Waals surface area contributed by atoms with Crippen LogP contribution in [0.15, 0.2) is 59.1 Å². The van der Waals surface area contributed by atoms with Crippen LogP contribution in [0.5, 0.6) is 0 Å². The van der Waals surface area contributed by atoms with Gasteiger partial charge in [0.25, 0.3) is 0 Å². The Hall–Kier alpha value is -0.863. The lowest BCUT2D eigenvalue weighted by atomic mass is 10.2. The molecule has 2 heteroatoms. The number of hydrogen-bond acceptors (Lipinski definition) is 0. The van der Waals surface area contributed by atoms with E-state index in [0.29, 0.717) is 5.54 Å². The Kier molecular flexibility index (Phi) is 3.96. The van der Waals surface area contributed by atoms with Crippen LogP contribution >= 0.6 is 15.9 Å². The van der Waals surface area contributed by atoms with Gasteiger partial charge in [0.1, 0.15) is 0 Å². The van der Waals surface area contributed by atoms with Crippen LogP contribution in [0, 0.1) is 0 Å². The number of hydrogen-bond donors (Lipinski definition) is 0. The normalized spacial score (nSPS) is 12.4. The molecule has 0 saturated heterocycles. The van der Waals surface area contributed by atoms with Gasteiger partial charge in [0.05, 0.1) is 9.52 Å². The summed E-state index contributed by atoms with van der Waals surface area (Å²) in [7, 11) is 0.837. The molecule has 0 N–H and O–H groups in total. The van der Waals surface area contributed by atoms with Gasteiger partial charge in [-0.1, -0.05) is 70.5 Å². The van der Waals surface area contributed by atoms with Crippen molar-refractivity contribution >= 4 is 30.6 Å². The summed E-state index contributed by atoms with van der Waals surface area (Å²) in [6.07, 6.45) is 0. The van der Waals surface area contributed by atoms with Gasteiger partial charge in [-0.3, -0.25) is 0 Å². The van der Waals surface area contributed by atoms with E-state index in [1.165, 1.54) is 10.8 Å². The molecule has 2 radical (unpaired) electrons. The Bertz CT molecular complexity index is 436. The molecule has 16 heavy (non-hydrogen) atoms. The first-order valence-electron chi connectivity index (χ1n) is 5.33. The summed E-state index contributed by atoms with van der Waals surface area (Å²) >= 11 is 3.46. The summed E-state index contributed by atoms with van der Waals surface area (Å²) in [4.78, 5) is 0. The summed E-state index contributed by atoms with van der Waals surface area (Å²) in [5.41, 5.74) is 2.00. The molecule has 80 valence electrons. The molecule has 0 unspecified atom stereocenters. The fraction of sp³-hybridized carbons (Fsp3) is 0.143. The molecule has 0 amide bonds. The predicted octanol–water partition coefficient (Wildman–Crippen LogP) is 3.54. The van der Waals surface area contributed by atoms with Crippen LogP contribution in [0.1, 0.15) is 18.0 Å². The molecule has 2 rings (SSSR count). The second-order valence-electron chi connectivity index (χ2n) is 3.78. The van der Waals surface area contributed by atoms with Gasteiger partial charge in [0, 0.05) is 4.47 Å². The summed E-state index contributed by atoms with van der Waals surface area (Å²) in [6, 6.07) is 19.3. The second-order valence-corrected chi connectivity index (χ2v) is 6.43. The lowest BCUT2D eigenvalue weighted by Gasteiger charge is -2.10. The highest BCUT2D eigenvalue weighted by Gasteiger charge is 2.07. The summed E-state index contributed by atoms with van der Waals surface area (Å²) in [5.74, 6) is 0. The van der Waals surface area contributed by atoms with Gasteiger partial charge < -0.3 is 0 Å². The SMILES string of the molecule is C[C@H]([Si]c1ccccc1)c1ccc(Br)cc1. The number of benzene rings is 2. The second kappa shape index (κ2) is 5.46. The van der Waals surface area contributed by atoms with Gasteiger partial charge in [0.15, 0.2) is 0 Å². The van der Waals surface area contributed by atoms with E-state index in [2.05, 4.69) is 77.5 Å². The Morgan fingerprint density at radius 3 is 2.19 bits per heavy atom. The topological polar surface area (TPSA) is 0 Å². The van der Waals surface area contributed by atoms with Crippen molar-refractivity contribution in [3.63, 3.8) is 0 Å². The molecule has 2 aromatic carbocycles. The zero-order chi connectivity index (χ0) is 11.4. The van der Waals surface area contributed by atoms with E-state index in [0.717, 1.165) is 14.0 Å². The molecule has 0 fully saturated rings. The molecular formula is C14H13BrSi. The highest BCUT2D eigenvalue weighted by molar-refractivity contribution is 9.10. The van der Waals surface area contributed by atoms with Crippen molar-refractivity contribution in [1.29, 1.82) is 0 Å². The number of rotatable bonds is 3. The van der Waals surface area contributed by atoms with Crippen molar-refractivity contribution < 1.29 is 0 Å². The van der Waals surface area contributed by atoms with Crippen molar-refractivity contribution in [3.05, 3.63) is 64.6 Å². The highest BCUT2D eigenvalue weighted by atomic mass is 79.9. The van der Waals surface area contributed by atoms with E-state index < -0.39 is 0 Å². The molecule has 0 nitrogen and oxygen atoms in total. The monoisotopic (exact) mass is 288 g/mol. The Labute approximate surface area is 108 Å². The van der Waals surface area contributed by atoms with E-state index in [1.54, 1.807) is 0 Å². The molecule has 2 aromatic rings. The van der Waals surface area contributed by atoms with Crippen molar-refractivity contribution in [1.82, 2.24) is 0 Å². The van der Waals surface area contributed by atoms with Gasteiger partial charge in [-0.05, 0) is 23.2 Å². The molecule has 0 aliphatic carbocycles. The molecule has 0 saturated carbocycles. The van der Waals surface area contributed by atoms with Gasteiger partial charge in [0.2, 0.25) is 0 Å². The average Bonchev–Trinajstić information content (AvgIpc) is 2.31. The predicted molar refractivity (Wildman–Crippen MR) is 74.4 cm³/mol. The summed E-state index contributed by atoms with van der Waals surface area (Å²) < 4.78 is 1.14. The van der Waals surface area contributed by atoms with Crippen molar-refractivity contribution in [3.8, 4) is 0 Å². The maximum absolute atomic E-state index is 3.46. The van der Waals surface area contributed by atoms with Gasteiger partial charge in [-0.15, -0.1) is 0 Å². The minimum absolute atomic E-state index is 0.593. The third-order valence-corrected chi connectivity index (χ3v) is 4.49. The first-order valence-corrected chi connectivity index (χ1v) is 7.20. The van der Waals surface area contributed by atoms with Crippen LogP contribution in [0.25, 0.3) is 0 Å². The minimum Gasteiger partial charge on any atom is -0.0636 e. The first kappa shape index (κ1) is 11.6. The van der Waals surface area contributed by atoms with Gasteiger partial charge in [-0.25, -0.2) is 0 Å². The quantitative estimate of drug-likeness (QED) is 0.758. The third-order valence-electron chi connectivity index (χ3n) is 2.53. The van der Waals surface area contributed by atoms with E-state index in [4.69, 9.17) is 0 Å². The van der Waals surface area contributed by atoms with E-state index >= 15 is 0 Å². The van der Waals surface area contributed by atoms with Crippen LogP contribution in [-0.4, -0.2) is 9.52 Å². The van der Waals surface area contributed by atoms with Gasteiger partial charge >= 0.3 is 0 Å². The maximum atomic E-state index is 3.46. The standard InChI is InChI=1S/C14H13BrSi/c1-11(12-7-9-13(15)10-8-12)16-14-5-3-2-4-6-14/h2-11H,1H3/t11-/m0/s1. The lowest BCUT2D eigenvalue weighted by molar-refractivity contribution is 1.07. The summed E-state index contributed by atoms with van der Waals surface area (Å²) in [5, 5.41) is 1.43. The fourth-order valence-electron chi connectivity index (χ4n) is 1.62. The third kappa shape index (κ3) is 3.06. The molecule has 0 bridgehead atoms. The van der Waals surface area contributed by atoms with Crippen LogP contribution in [0.3, 0.4) is 0 Å². The molecule has 0 aliphatic heterocycles. The molecule has 0 aromatic heterocycles. The molecule has 0 spiro atoms. The largest absolute Gasteiger partial charge is 0.0887 e. The molecule has 0 aliphatic rings. The van der Waals surface area contributed by atoms with Crippen LogP contribution in [0.2, 0.25) is 0 Å². The van der Waals surface area contributed by atoms with Crippen LogP contribution < -0.4 is 5.19 Å². The van der Waals surface area contributed by atoms with E-state index in [-0.39, 0.29) is 0 Å². The van der Waals surface area contributed by atoms with Crippen LogP contribution in [0.4, 0.5) is 0 Å². The van der Waals surface area contributed by atoms with Crippen molar-refractivity contribution in [2.75, 3.05) is 0 Å². The molecule has 0 heterocycles. The fourth-order valence-corrected chi connectivity index (χ4v) is 3.13. The van der Waals surface area contributed by atoms with E-state index in [1.807, 2.05) is 0 Å². The van der Waals surface area contributed by atoms with E-state index in [9.17, 15) is 0 Å². The molecular weight excluding hydrogens is 276 g/mol. The first-order chi connectivity index (χ1) is 7.75. The maximum Gasteiger partial charge on any atom is 0.0887 e. The lowest BCUT2D eigenvalue weighted by Crippen LogP contribution is -2.19. The smallest absolute Gasteiger partial charge is 0.0636 e. The Balaban J connectivity index is 2.09. The Morgan fingerprint density at radius 1 is 0.938 bits per heavy atom. The molecule has 1 atom stereocenters. The minimum atomic E-state index is 0.593. The van der Waals surface area contributed by atoms with Crippen molar-refractivity contribution in [2.45, 2.75) is 12.5 Å². The zero-order valence-corrected chi connectivity index (χ0v) is 11.7. The Morgan fingerprint density at radius 2 is 1.56 bits per heavy atom. The average molecular weight is 289 g/mol. The highest BCUT2D eigenvalue weighted by Crippen LogP contribution is 2.17.